The quantitative estimate of drug-likeness (QED) is 0.688. The molecule has 0 aromatic heterocycles. The van der Waals surface area contributed by atoms with Gasteiger partial charge in [-0.2, -0.15) is 0 Å². The van der Waals surface area contributed by atoms with Gasteiger partial charge in [0, 0.05) is 5.92 Å². The number of aliphatic hydroxyl groups excluding tert-OH is 1. The molecule has 0 radical (unpaired) electrons. The van der Waals surface area contributed by atoms with E-state index in [2.05, 4.69) is 13.8 Å². The summed E-state index contributed by atoms with van der Waals surface area (Å²) in [6.45, 7) is 8.98. The Morgan fingerprint density at radius 3 is 2.42 bits per heavy atom. The van der Waals surface area contributed by atoms with E-state index in [0.717, 1.165) is 6.42 Å². The van der Waals surface area contributed by atoms with Gasteiger partial charge >= 0.3 is 0 Å². The third-order valence-electron chi connectivity index (χ3n) is 2.60. The van der Waals surface area contributed by atoms with Crippen LogP contribution in [-0.2, 0) is 4.74 Å². The summed E-state index contributed by atoms with van der Waals surface area (Å²) < 4.78 is 5.52. The number of ether oxygens (including phenoxy) is 1. The Bertz CT molecular complexity index is 152. The zero-order valence-electron chi connectivity index (χ0n) is 8.50. The molecule has 1 N–H and O–H groups in total. The number of aliphatic hydroxyl groups is 1. The summed E-state index contributed by atoms with van der Waals surface area (Å²) in [5.74, 6) is 0.974. The molecule has 2 unspecified atom stereocenters. The SMILES string of the molecule is CC(C)CC1COC(C)(C)C1O. The van der Waals surface area contributed by atoms with Crippen molar-refractivity contribution in [2.75, 3.05) is 6.61 Å². The van der Waals surface area contributed by atoms with E-state index in [-0.39, 0.29) is 11.7 Å². The van der Waals surface area contributed by atoms with Gasteiger partial charge in [0.15, 0.2) is 0 Å². The van der Waals surface area contributed by atoms with E-state index in [1.165, 1.54) is 0 Å². The lowest BCUT2D eigenvalue weighted by Gasteiger charge is -2.24. The first-order valence-electron chi connectivity index (χ1n) is 4.75. The molecule has 1 fully saturated rings. The molecule has 0 saturated carbocycles. The smallest absolute Gasteiger partial charge is 0.0888 e. The molecule has 2 atom stereocenters. The fraction of sp³-hybridized carbons (Fsp3) is 1.00. The number of rotatable bonds is 2. The lowest BCUT2D eigenvalue weighted by molar-refractivity contribution is -0.0316. The highest BCUT2D eigenvalue weighted by Gasteiger charge is 2.41. The molecule has 0 bridgehead atoms. The second kappa shape index (κ2) is 3.35. The third kappa shape index (κ3) is 1.99. The van der Waals surface area contributed by atoms with Crippen molar-refractivity contribution >= 4 is 0 Å². The van der Waals surface area contributed by atoms with Crippen LogP contribution in [0.1, 0.15) is 34.1 Å². The molecule has 0 aromatic rings. The Labute approximate surface area is 74.9 Å². The van der Waals surface area contributed by atoms with Crippen LogP contribution in [-0.4, -0.2) is 23.4 Å². The molecule has 72 valence electrons. The number of hydrogen-bond donors (Lipinski definition) is 1. The minimum absolute atomic E-state index is 0.292. The van der Waals surface area contributed by atoms with Gasteiger partial charge in [0.2, 0.25) is 0 Å². The minimum Gasteiger partial charge on any atom is -0.390 e. The predicted octanol–water partition coefficient (Wildman–Crippen LogP) is 1.82. The van der Waals surface area contributed by atoms with Crippen LogP contribution >= 0.6 is 0 Å². The summed E-state index contributed by atoms with van der Waals surface area (Å²) in [7, 11) is 0. The lowest BCUT2D eigenvalue weighted by Crippen LogP contribution is -2.35. The molecule has 0 aliphatic carbocycles. The standard InChI is InChI=1S/C10H20O2/c1-7(2)5-8-6-12-10(3,4)9(8)11/h7-9,11H,5-6H2,1-4H3. The first-order chi connectivity index (χ1) is 5.43. The molecule has 2 heteroatoms. The van der Waals surface area contributed by atoms with Crippen LogP contribution < -0.4 is 0 Å². The summed E-state index contributed by atoms with van der Waals surface area (Å²) in [5, 5.41) is 9.84. The molecule has 12 heavy (non-hydrogen) atoms. The molecule has 1 aliphatic rings. The Kier molecular flexibility index (Phi) is 2.79. The molecular formula is C10H20O2. The van der Waals surface area contributed by atoms with Crippen LogP contribution in [0.15, 0.2) is 0 Å². The van der Waals surface area contributed by atoms with Crippen molar-refractivity contribution in [1.29, 1.82) is 0 Å². The van der Waals surface area contributed by atoms with Crippen molar-refractivity contribution < 1.29 is 9.84 Å². The van der Waals surface area contributed by atoms with Gasteiger partial charge in [0.1, 0.15) is 0 Å². The highest BCUT2D eigenvalue weighted by atomic mass is 16.5. The summed E-state index contributed by atoms with van der Waals surface area (Å²) in [4.78, 5) is 0. The number of hydrogen-bond acceptors (Lipinski definition) is 2. The van der Waals surface area contributed by atoms with Crippen molar-refractivity contribution in [2.24, 2.45) is 11.8 Å². The Hall–Kier alpha value is -0.0800. The maximum Gasteiger partial charge on any atom is 0.0888 e. The van der Waals surface area contributed by atoms with Gasteiger partial charge in [-0.25, -0.2) is 0 Å². The van der Waals surface area contributed by atoms with E-state index >= 15 is 0 Å². The van der Waals surface area contributed by atoms with Crippen molar-refractivity contribution in [3.8, 4) is 0 Å². The van der Waals surface area contributed by atoms with Crippen molar-refractivity contribution in [2.45, 2.75) is 45.8 Å². The van der Waals surface area contributed by atoms with Gasteiger partial charge in [-0.15, -0.1) is 0 Å². The van der Waals surface area contributed by atoms with Gasteiger partial charge in [0.05, 0.1) is 18.3 Å². The maximum atomic E-state index is 9.84. The molecule has 2 nitrogen and oxygen atoms in total. The van der Waals surface area contributed by atoms with Crippen LogP contribution in [0.4, 0.5) is 0 Å². The van der Waals surface area contributed by atoms with Crippen molar-refractivity contribution in [1.82, 2.24) is 0 Å². The maximum absolute atomic E-state index is 9.84. The van der Waals surface area contributed by atoms with E-state index in [1.807, 2.05) is 13.8 Å². The van der Waals surface area contributed by atoms with Gasteiger partial charge in [-0.1, -0.05) is 13.8 Å². The van der Waals surface area contributed by atoms with E-state index < -0.39 is 0 Å². The first kappa shape index (κ1) is 10.0. The van der Waals surface area contributed by atoms with E-state index in [1.54, 1.807) is 0 Å². The van der Waals surface area contributed by atoms with E-state index in [4.69, 9.17) is 4.74 Å². The molecule has 1 saturated heterocycles. The van der Waals surface area contributed by atoms with E-state index in [9.17, 15) is 5.11 Å². The van der Waals surface area contributed by atoms with Gasteiger partial charge in [-0.3, -0.25) is 0 Å². The minimum atomic E-state index is -0.334. The molecule has 0 amide bonds. The average molecular weight is 172 g/mol. The van der Waals surface area contributed by atoms with Gasteiger partial charge in [0.25, 0.3) is 0 Å². The average Bonchev–Trinajstić information content (AvgIpc) is 2.15. The largest absolute Gasteiger partial charge is 0.390 e. The topological polar surface area (TPSA) is 29.5 Å². The summed E-state index contributed by atoms with van der Waals surface area (Å²) in [6.07, 6.45) is 0.768. The van der Waals surface area contributed by atoms with Crippen LogP contribution in [0.5, 0.6) is 0 Å². The van der Waals surface area contributed by atoms with Gasteiger partial charge in [-0.05, 0) is 26.2 Å². The Balaban J connectivity index is 2.50. The molecule has 0 aromatic carbocycles. The third-order valence-corrected chi connectivity index (χ3v) is 2.60. The highest BCUT2D eigenvalue weighted by Crippen LogP contribution is 2.33. The molecule has 0 spiro atoms. The molecule has 1 rings (SSSR count). The summed E-state index contributed by atoms with van der Waals surface area (Å²) >= 11 is 0. The molecule has 1 aliphatic heterocycles. The second-order valence-corrected chi connectivity index (χ2v) is 4.75. The molecular weight excluding hydrogens is 152 g/mol. The lowest BCUT2D eigenvalue weighted by atomic mass is 9.88. The Morgan fingerprint density at radius 2 is 2.08 bits per heavy atom. The normalized spacial score (nSPS) is 34.5. The summed E-state index contributed by atoms with van der Waals surface area (Å²) in [6, 6.07) is 0. The van der Waals surface area contributed by atoms with Crippen LogP contribution in [0.25, 0.3) is 0 Å². The van der Waals surface area contributed by atoms with Crippen molar-refractivity contribution in [3.63, 3.8) is 0 Å². The predicted molar refractivity (Wildman–Crippen MR) is 49.0 cm³/mol. The Morgan fingerprint density at radius 1 is 1.50 bits per heavy atom. The fourth-order valence-corrected chi connectivity index (χ4v) is 1.87. The zero-order valence-corrected chi connectivity index (χ0v) is 8.50. The zero-order chi connectivity index (χ0) is 9.35. The summed E-state index contributed by atoms with van der Waals surface area (Å²) in [5.41, 5.74) is -0.334. The van der Waals surface area contributed by atoms with Gasteiger partial charge < -0.3 is 9.84 Å². The van der Waals surface area contributed by atoms with Crippen LogP contribution in [0, 0.1) is 11.8 Å². The van der Waals surface area contributed by atoms with Crippen molar-refractivity contribution in [3.05, 3.63) is 0 Å². The monoisotopic (exact) mass is 172 g/mol. The van der Waals surface area contributed by atoms with E-state index in [0.29, 0.717) is 18.4 Å². The fourth-order valence-electron chi connectivity index (χ4n) is 1.87. The second-order valence-electron chi connectivity index (χ2n) is 4.75. The van der Waals surface area contributed by atoms with Crippen LogP contribution in [0.3, 0.4) is 0 Å². The van der Waals surface area contributed by atoms with Crippen LogP contribution in [0.2, 0.25) is 0 Å². The highest BCUT2D eigenvalue weighted by molar-refractivity contribution is 4.90. The molecule has 1 heterocycles. The first-order valence-corrected chi connectivity index (χ1v) is 4.75.